The molecule has 0 aromatic heterocycles. The molecule has 2 aromatic rings. The van der Waals surface area contributed by atoms with E-state index in [4.69, 9.17) is 9.47 Å². The highest BCUT2D eigenvalue weighted by Crippen LogP contribution is 2.38. The first-order valence-electron chi connectivity index (χ1n) is 11.3. The molecular formula is C28H24N4O4. The normalized spacial score (nSPS) is 16.3. The van der Waals surface area contributed by atoms with Gasteiger partial charge in [-0.2, -0.15) is 0 Å². The molecule has 5 rings (SSSR count). The van der Waals surface area contributed by atoms with Gasteiger partial charge < -0.3 is 9.47 Å². The number of fused-ring (bicyclic) bond motifs is 2. The Balaban J connectivity index is 1.67. The molecule has 36 heavy (non-hydrogen) atoms. The Morgan fingerprint density at radius 2 is 1.00 bits per heavy atom. The molecule has 3 aliphatic heterocycles. The van der Waals surface area contributed by atoms with Gasteiger partial charge in [-0.25, -0.2) is 9.98 Å². The first-order chi connectivity index (χ1) is 17.4. The maximum atomic E-state index is 13.9. The second-order valence-corrected chi connectivity index (χ2v) is 8.38. The van der Waals surface area contributed by atoms with Gasteiger partial charge in [-0.1, -0.05) is 0 Å². The van der Waals surface area contributed by atoms with Crippen LogP contribution in [0.2, 0.25) is 0 Å². The Hall–Kier alpha value is -4.72. The van der Waals surface area contributed by atoms with Crippen LogP contribution in [0.15, 0.2) is 105 Å². The number of aliphatic imine (C=N–C) groups is 2. The number of carbonyl (C=O) groups excluding carboxylic acids is 2. The first-order valence-corrected chi connectivity index (χ1v) is 11.3. The van der Waals surface area contributed by atoms with Crippen LogP contribution in [0.5, 0.6) is 11.5 Å². The lowest BCUT2D eigenvalue weighted by Crippen LogP contribution is -2.42. The maximum absolute atomic E-state index is 13.9. The Labute approximate surface area is 208 Å². The monoisotopic (exact) mass is 480 g/mol. The quantitative estimate of drug-likeness (QED) is 0.558. The molecule has 0 bridgehead atoms. The molecule has 0 N–H and O–H groups in total. The molecule has 0 saturated heterocycles. The summed E-state index contributed by atoms with van der Waals surface area (Å²) in [6.45, 7) is 3.68. The van der Waals surface area contributed by atoms with Gasteiger partial charge in [-0.05, 0) is 74.5 Å². The predicted molar refractivity (Wildman–Crippen MR) is 137 cm³/mol. The molecule has 3 aliphatic rings. The minimum absolute atomic E-state index is 0.218. The summed E-state index contributed by atoms with van der Waals surface area (Å²) in [5.74, 6) is 0.872. The number of nitrogens with zero attached hydrogens (tertiary/aromatic N) is 4. The average Bonchev–Trinajstić information content (AvgIpc) is 2.91. The van der Waals surface area contributed by atoms with Crippen molar-refractivity contribution < 1.29 is 19.1 Å². The fourth-order valence-electron chi connectivity index (χ4n) is 4.21. The van der Waals surface area contributed by atoms with Gasteiger partial charge in [-0.3, -0.25) is 19.4 Å². The topological polar surface area (TPSA) is 83.8 Å². The first kappa shape index (κ1) is 23.0. The van der Waals surface area contributed by atoms with Gasteiger partial charge in [0.1, 0.15) is 35.6 Å². The third-order valence-corrected chi connectivity index (χ3v) is 6.07. The van der Waals surface area contributed by atoms with E-state index in [0.717, 1.165) is 0 Å². The molecule has 0 fully saturated rings. The number of methoxy groups -OCH3 is 2. The minimum Gasteiger partial charge on any atom is -0.497 e. The highest BCUT2D eigenvalue weighted by Gasteiger charge is 2.39. The number of rotatable bonds is 6. The van der Waals surface area contributed by atoms with Crippen molar-refractivity contribution in [1.82, 2.24) is 9.80 Å². The highest BCUT2D eigenvalue weighted by molar-refractivity contribution is 6.15. The van der Waals surface area contributed by atoms with Crippen LogP contribution in [-0.4, -0.2) is 48.3 Å². The maximum Gasteiger partial charge on any atom is 0.211 e. The highest BCUT2D eigenvalue weighted by atomic mass is 16.5. The lowest BCUT2D eigenvalue weighted by Gasteiger charge is -2.39. The molecule has 0 unspecified atom stereocenters. The third kappa shape index (κ3) is 3.92. The zero-order valence-corrected chi connectivity index (χ0v) is 20.4. The average molecular weight is 481 g/mol. The second kappa shape index (κ2) is 9.14. The standard InChI is InChI=1S/C28H24N4O4/c1-17-13-23-25(27(33)19-5-9-21(35-3)10-6-19)32-16-30-18(2)14-24(32)26(31(23)15-29-17)28(34)20-7-11-22(36-4)12-8-20/h5-16H,1-4H3. The smallest absolute Gasteiger partial charge is 0.211 e. The fraction of sp³-hybridized carbons (Fsp3) is 0.143. The number of hydrogen-bond acceptors (Lipinski definition) is 8. The van der Waals surface area contributed by atoms with Crippen LogP contribution < -0.4 is 9.47 Å². The van der Waals surface area contributed by atoms with Crippen molar-refractivity contribution in [2.45, 2.75) is 13.8 Å². The van der Waals surface area contributed by atoms with E-state index in [1.807, 2.05) is 13.8 Å². The van der Waals surface area contributed by atoms with E-state index >= 15 is 0 Å². The van der Waals surface area contributed by atoms with Gasteiger partial charge in [0.05, 0.1) is 25.6 Å². The van der Waals surface area contributed by atoms with Crippen LogP contribution in [0.25, 0.3) is 0 Å². The van der Waals surface area contributed by atoms with E-state index in [1.165, 1.54) is 0 Å². The number of carbonyl (C=O) groups is 2. The molecular weight excluding hydrogens is 456 g/mol. The molecule has 0 radical (unpaired) electrons. The summed E-state index contributed by atoms with van der Waals surface area (Å²) in [6, 6.07) is 13.8. The summed E-state index contributed by atoms with van der Waals surface area (Å²) >= 11 is 0. The van der Waals surface area contributed by atoms with Crippen molar-refractivity contribution in [2.24, 2.45) is 9.98 Å². The van der Waals surface area contributed by atoms with Gasteiger partial charge in [0, 0.05) is 22.5 Å². The SMILES string of the molecule is COc1ccc(C(=O)C2=C3C=C(C)N=CN3C(C(=O)c3ccc(OC)cc3)=C3C=C(C)N=CN32)cc1. The van der Waals surface area contributed by atoms with Crippen LogP contribution in [0.3, 0.4) is 0 Å². The number of ether oxygens (including phenoxy) is 2. The summed E-state index contributed by atoms with van der Waals surface area (Å²) in [4.78, 5) is 40.0. The predicted octanol–water partition coefficient (Wildman–Crippen LogP) is 4.70. The Bertz CT molecular complexity index is 1330. The summed E-state index contributed by atoms with van der Waals surface area (Å²) in [6.07, 6.45) is 6.77. The van der Waals surface area contributed by atoms with Gasteiger partial charge in [0.2, 0.25) is 11.6 Å². The summed E-state index contributed by atoms with van der Waals surface area (Å²) in [7, 11) is 3.15. The Morgan fingerprint density at radius 1 is 0.639 bits per heavy atom. The molecule has 0 saturated carbocycles. The van der Waals surface area contributed by atoms with Gasteiger partial charge in [-0.15, -0.1) is 0 Å². The van der Waals surface area contributed by atoms with Crippen molar-refractivity contribution in [3.63, 3.8) is 0 Å². The number of benzene rings is 2. The number of hydrogen-bond donors (Lipinski definition) is 0. The second-order valence-electron chi connectivity index (χ2n) is 8.38. The van der Waals surface area contributed by atoms with Crippen molar-refractivity contribution in [1.29, 1.82) is 0 Å². The molecule has 0 amide bonds. The molecule has 8 heteroatoms. The zero-order chi connectivity index (χ0) is 25.4. The molecule has 2 aromatic carbocycles. The van der Waals surface area contributed by atoms with Gasteiger partial charge in [0.25, 0.3) is 0 Å². The Morgan fingerprint density at radius 3 is 1.33 bits per heavy atom. The molecule has 0 aliphatic carbocycles. The van der Waals surface area contributed by atoms with Crippen molar-refractivity contribution in [3.05, 3.63) is 106 Å². The summed E-state index contributed by atoms with van der Waals surface area (Å²) in [5.41, 5.74) is 4.22. The van der Waals surface area contributed by atoms with Crippen LogP contribution >= 0.6 is 0 Å². The molecule has 180 valence electrons. The molecule has 0 spiro atoms. The lowest BCUT2D eigenvalue weighted by atomic mass is 9.96. The van der Waals surface area contributed by atoms with E-state index in [2.05, 4.69) is 9.98 Å². The summed E-state index contributed by atoms with van der Waals surface area (Å²) < 4.78 is 10.5. The third-order valence-electron chi connectivity index (χ3n) is 6.07. The van der Waals surface area contributed by atoms with E-state index in [0.29, 0.717) is 56.8 Å². The van der Waals surface area contributed by atoms with Gasteiger partial charge >= 0.3 is 0 Å². The van der Waals surface area contributed by atoms with Crippen molar-refractivity contribution >= 4 is 24.2 Å². The van der Waals surface area contributed by atoms with Crippen LogP contribution in [0.1, 0.15) is 34.6 Å². The fourth-order valence-corrected chi connectivity index (χ4v) is 4.21. The van der Waals surface area contributed by atoms with Crippen LogP contribution in [0, 0.1) is 0 Å². The number of Topliss-reactive ketones (excluding diaryl/α,β-unsaturated/α-hetero) is 2. The van der Waals surface area contributed by atoms with Gasteiger partial charge in [0.15, 0.2) is 0 Å². The van der Waals surface area contributed by atoms with Crippen LogP contribution in [0.4, 0.5) is 0 Å². The minimum atomic E-state index is -0.218. The molecule has 3 heterocycles. The molecule has 0 atom stereocenters. The Kier molecular flexibility index (Phi) is 5.85. The molecule has 8 nitrogen and oxygen atoms in total. The van der Waals surface area contributed by atoms with E-state index in [1.54, 1.807) is 97.4 Å². The van der Waals surface area contributed by atoms with E-state index < -0.39 is 0 Å². The lowest BCUT2D eigenvalue weighted by molar-refractivity contribution is 0.0981. The van der Waals surface area contributed by atoms with E-state index in [-0.39, 0.29) is 11.6 Å². The van der Waals surface area contributed by atoms with Crippen molar-refractivity contribution in [3.8, 4) is 11.5 Å². The number of ketones is 2. The van der Waals surface area contributed by atoms with E-state index in [9.17, 15) is 9.59 Å². The largest absolute Gasteiger partial charge is 0.497 e. The summed E-state index contributed by atoms with van der Waals surface area (Å²) in [5, 5.41) is 0. The number of allylic oxidation sites excluding steroid dienone is 6. The van der Waals surface area contributed by atoms with Crippen molar-refractivity contribution in [2.75, 3.05) is 14.2 Å². The van der Waals surface area contributed by atoms with Crippen LogP contribution in [-0.2, 0) is 0 Å². The zero-order valence-electron chi connectivity index (χ0n) is 20.4.